The van der Waals surface area contributed by atoms with Crippen molar-refractivity contribution in [3.8, 4) is 11.3 Å². The third kappa shape index (κ3) is 5.63. The van der Waals surface area contributed by atoms with Crippen LogP contribution in [-0.4, -0.2) is 44.7 Å². The van der Waals surface area contributed by atoms with E-state index >= 15 is 0 Å². The van der Waals surface area contributed by atoms with Crippen molar-refractivity contribution in [2.75, 3.05) is 18.4 Å². The highest BCUT2D eigenvalue weighted by Gasteiger charge is 2.37. The first kappa shape index (κ1) is 25.0. The fourth-order valence-electron chi connectivity index (χ4n) is 3.49. The number of amides is 2. The number of hydrogen-bond acceptors (Lipinski definition) is 5. The molecule has 2 aromatic heterocycles. The average molecular weight is 477 g/mol. The molecule has 0 aliphatic carbocycles. The van der Waals surface area contributed by atoms with Crippen LogP contribution in [0.15, 0.2) is 30.6 Å². The number of benzene rings is 1. The minimum Gasteiger partial charge on any atom is -0.352 e. The van der Waals surface area contributed by atoms with Gasteiger partial charge in [0.05, 0.1) is 23.7 Å². The van der Waals surface area contributed by atoms with E-state index in [9.17, 15) is 22.8 Å². The second-order valence-corrected chi connectivity index (χ2v) is 7.77. The number of carbonyl (C=O) groups excluding carboxylic acids is 2. The SMILES string of the molecule is Cc1cc(NC(=O)c2ncc(-c3cn[nH]c3C(F)(F)F)n2C)ccc1C(=O)NCCCCCN. The molecule has 3 aromatic rings. The summed E-state index contributed by atoms with van der Waals surface area (Å²) in [5.41, 5.74) is 5.87. The number of aryl methyl sites for hydroxylation is 1. The van der Waals surface area contributed by atoms with Crippen LogP contribution in [0.4, 0.5) is 18.9 Å². The van der Waals surface area contributed by atoms with E-state index in [0.29, 0.717) is 29.9 Å². The molecule has 2 heterocycles. The van der Waals surface area contributed by atoms with E-state index in [0.717, 1.165) is 25.5 Å². The van der Waals surface area contributed by atoms with Crippen molar-refractivity contribution in [2.24, 2.45) is 12.8 Å². The lowest BCUT2D eigenvalue weighted by Gasteiger charge is -2.11. The molecule has 0 spiro atoms. The van der Waals surface area contributed by atoms with Gasteiger partial charge in [-0.05, 0) is 50.1 Å². The average Bonchev–Trinajstić information content (AvgIpc) is 3.40. The number of aromatic nitrogens is 4. The summed E-state index contributed by atoms with van der Waals surface area (Å²) in [4.78, 5) is 29.1. The molecule has 34 heavy (non-hydrogen) atoms. The predicted octanol–water partition coefficient (Wildman–Crippen LogP) is 3.25. The monoisotopic (exact) mass is 477 g/mol. The van der Waals surface area contributed by atoms with Gasteiger partial charge in [-0.25, -0.2) is 4.98 Å². The van der Waals surface area contributed by atoms with E-state index in [2.05, 4.69) is 20.7 Å². The van der Waals surface area contributed by atoms with Crippen LogP contribution >= 0.6 is 0 Å². The van der Waals surface area contributed by atoms with E-state index in [-0.39, 0.29) is 23.0 Å². The quantitative estimate of drug-likeness (QED) is 0.352. The van der Waals surface area contributed by atoms with Crippen LogP contribution in [0.5, 0.6) is 0 Å². The predicted molar refractivity (Wildman–Crippen MR) is 120 cm³/mol. The molecule has 0 bridgehead atoms. The number of nitrogens with two attached hydrogens (primary N) is 1. The molecule has 0 fully saturated rings. The summed E-state index contributed by atoms with van der Waals surface area (Å²) in [6.07, 6.45) is 0.272. The first-order valence-electron chi connectivity index (χ1n) is 10.7. The van der Waals surface area contributed by atoms with Crippen LogP contribution in [0.25, 0.3) is 11.3 Å². The van der Waals surface area contributed by atoms with E-state index in [4.69, 9.17) is 5.73 Å². The second-order valence-electron chi connectivity index (χ2n) is 7.77. The Kier molecular flexibility index (Phi) is 7.72. The van der Waals surface area contributed by atoms with E-state index < -0.39 is 17.8 Å². The van der Waals surface area contributed by atoms with Crippen LogP contribution in [0, 0.1) is 6.92 Å². The molecule has 3 rings (SSSR count). The van der Waals surface area contributed by atoms with Gasteiger partial charge in [0.1, 0.15) is 5.69 Å². The molecule has 9 nitrogen and oxygen atoms in total. The van der Waals surface area contributed by atoms with Gasteiger partial charge in [-0.1, -0.05) is 6.42 Å². The number of aromatic amines is 1. The van der Waals surface area contributed by atoms with Gasteiger partial charge in [0, 0.05) is 24.8 Å². The summed E-state index contributed by atoms with van der Waals surface area (Å²) < 4.78 is 40.8. The number of nitrogens with zero attached hydrogens (tertiary/aromatic N) is 3. The molecule has 0 aliphatic heterocycles. The number of H-pyrrole nitrogens is 1. The zero-order valence-corrected chi connectivity index (χ0v) is 18.8. The lowest BCUT2D eigenvalue weighted by molar-refractivity contribution is -0.140. The first-order valence-corrected chi connectivity index (χ1v) is 10.7. The number of unbranched alkanes of at least 4 members (excludes halogenated alkanes) is 2. The Morgan fingerprint density at radius 2 is 1.91 bits per heavy atom. The Labute approximate surface area is 193 Å². The van der Waals surface area contributed by atoms with Gasteiger partial charge in [0.25, 0.3) is 11.8 Å². The molecule has 1 aromatic carbocycles. The van der Waals surface area contributed by atoms with Crippen molar-refractivity contribution in [2.45, 2.75) is 32.4 Å². The zero-order valence-electron chi connectivity index (χ0n) is 18.8. The molecule has 12 heteroatoms. The fraction of sp³-hybridized carbons (Fsp3) is 0.364. The van der Waals surface area contributed by atoms with Crippen molar-refractivity contribution < 1.29 is 22.8 Å². The number of rotatable bonds is 9. The fourth-order valence-corrected chi connectivity index (χ4v) is 3.49. The largest absolute Gasteiger partial charge is 0.433 e. The van der Waals surface area contributed by atoms with Gasteiger partial charge >= 0.3 is 6.18 Å². The minimum absolute atomic E-state index is 0.0822. The highest BCUT2D eigenvalue weighted by molar-refractivity contribution is 6.03. The molecule has 0 saturated heterocycles. The van der Waals surface area contributed by atoms with Gasteiger partial charge in [0.2, 0.25) is 0 Å². The van der Waals surface area contributed by atoms with Crippen molar-refractivity contribution in [3.05, 3.63) is 53.2 Å². The second kappa shape index (κ2) is 10.5. The summed E-state index contributed by atoms with van der Waals surface area (Å²) >= 11 is 0. The highest BCUT2D eigenvalue weighted by atomic mass is 19.4. The summed E-state index contributed by atoms with van der Waals surface area (Å²) in [6.45, 7) is 2.91. The van der Waals surface area contributed by atoms with Crippen LogP contribution in [0.2, 0.25) is 0 Å². The Balaban J connectivity index is 1.69. The molecular formula is C22H26F3N7O2. The van der Waals surface area contributed by atoms with Crippen molar-refractivity contribution >= 4 is 17.5 Å². The van der Waals surface area contributed by atoms with Gasteiger partial charge in [-0.2, -0.15) is 18.3 Å². The summed E-state index contributed by atoms with van der Waals surface area (Å²) in [5.74, 6) is -0.902. The molecule has 0 aliphatic rings. The van der Waals surface area contributed by atoms with Crippen molar-refractivity contribution in [1.82, 2.24) is 25.1 Å². The maximum atomic E-state index is 13.2. The normalized spacial score (nSPS) is 11.5. The Morgan fingerprint density at radius 3 is 2.59 bits per heavy atom. The molecule has 0 radical (unpaired) electrons. The summed E-state index contributed by atoms with van der Waals surface area (Å²) in [6, 6.07) is 4.82. The van der Waals surface area contributed by atoms with Crippen LogP contribution in [0.1, 0.15) is 51.5 Å². The maximum absolute atomic E-state index is 13.2. The van der Waals surface area contributed by atoms with Gasteiger partial charge < -0.3 is 20.9 Å². The standard InChI is InChI=1S/C22H26F3N7O2/c1-13-10-14(6-7-15(13)20(33)27-9-5-3-4-8-26)30-21(34)19-28-12-17(32(19)2)16-11-29-31-18(16)22(23,24)25/h6-7,10-12H,3-5,8-9,26H2,1-2H3,(H,27,33)(H,29,31)(H,30,34). The molecule has 0 atom stereocenters. The van der Waals surface area contributed by atoms with Gasteiger partial charge in [-0.3, -0.25) is 14.7 Å². The van der Waals surface area contributed by atoms with Gasteiger partial charge in [-0.15, -0.1) is 0 Å². The van der Waals surface area contributed by atoms with Crippen LogP contribution in [0.3, 0.4) is 0 Å². The lowest BCUT2D eigenvalue weighted by Crippen LogP contribution is -2.25. The Hall–Kier alpha value is -3.67. The number of imidazole rings is 1. The summed E-state index contributed by atoms with van der Waals surface area (Å²) in [5, 5.41) is 10.9. The Morgan fingerprint density at radius 1 is 1.15 bits per heavy atom. The third-order valence-corrected chi connectivity index (χ3v) is 5.29. The number of halogens is 3. The number of carbonyl (C=O) groups is 2. The maximum Gasteiger partial charge on any atom is 0.433 e. The van der Waals surface area contributed by atoms with Gasteiger partial charge in [0.15, 0.2) is 5.82 Å². The molecule has 182 valence electrons. The minimum atomic E-state index is -4.63. The van der Waals surface area contributed by atoms with Crippen LogP contribution < -0.4 is 16.4 Å². The van der Waals surface area contributed by atoms with Crippen molar-refractivity contribution in [3.63, 3.8) is 0 Å². The molecular weight excluding hydrogens is 451 g/mol. The number of alkyl halides is 3. The molecule has 0 unspecified atom stereocenters. The number of nitrogens with one attached hydrogen (secondary N) is 3. The zero-order chi connectivity index (χ0) is 24.9. The highest BCUT2D eigenvalue weighted by Crippen LogP contribution is 2.35. The van der Waals surface area contributed by atoms with Crippen LogP contribution in [-0.2, 0) is 13.2 Å². The van der Waals surface area contributed by atoms with E-state index in [1.165, 1.54) is 17.8 Å². The number of anilines is 1. The lowest BCUT2D eigenvalue weighted by atomic mass is 10.1. The van der Waals surface area contributed by atoms with Crippen molar-refractivity contribution in [1.29, 1.82) is 0 Å². The molecule has 5 N–H and O–H groups in total. The first-order chi connectivity index (χ1) is 16.1. The molecule has 0 saturated carbocycles. The third-order valence-electron chi connectivity index (χ3n) is 5.29. The van der Waals surface area contributed by atoms with E-state index in [1.54, 1.807) is 25.1 Å². The Bertz CT molecular complexity index is 1170. The van der Waals surface area contributed by atoms with E-state index in [1.807, 2.05) is 5.10 Å². The number of hydrogen-bond donors (Lipinski definition) is 4. The topological polar surface area (TPSA) is 131 Å². The molecule has 2 amide bonds. The summed E-state index contributed by atoms with van der Waals surface area (Å²) in [7, 11) is 1.44. The smallest absolute Gasteiger partial charge is 0.352 e.